The minimum absolute atomic E-state index is 0.156. The maximum Gasteiger partial charge on any atom is 0.408 e. The largest absolute Gasteiger partial charge is 0.408 e. The first-order chi connectivity index (χ1) is 15.3. The van der Waals surface area contributed by atoms with E-state index in [2.05, 4.69) is 29.3 Å². The normalized spacial score (nSPS) is 24.8. The second-order valence-corrected chi connectivity index (χ2v) is 10.4. The number of rotatable bonds is 3. The smallest absolute Gasteiger partial charge is 0.372 e. The molecule has 2 atom stereocenters. The standard InChI is InChI=1S/C24H29F3N4S/c1-15-12-17(30-10-7-28-8-11-30)5-6-18(15)19-14-21(23-20(29-19)13-16(2)32-23)31-9-3-4-22(31)24(25,26)27/h5-6,13-15,22,28H,3-4,7-12H2,1-2H3. The molecule has 2 aromatic rings. The van der Waals surface area contributed by atoms with Crippen LogP contribution in [-0.2, 0) is 0 Å². The van der Waals surface area contributed by atoms with Crippen molar-refractivity contribution in [3.05, 3.63) is 40.6 Å². The Bertz CT molecular complexity index is 1070. The molecule has 2 aromatic heterocycles. The summed E-state index contributed by atoms with van der Waals surface area (Å²) in [7, 11) is 0. The van der Waals surface area contributed by atoms with Crippen LogP contribution in [0.15, 0.2) is 30.0 Å². The SMILES string of the molecule is Cc1cc2nc(C3=CC=C(N4CCNCC4)CC3C)cc(N3CCCC3C(F)(F)F)c2s1. The summed E-state index contributed by atoms with van der Waals surface area (Å²) in [5, 5.41) is 3.39. The van der Waals surface area contributed by atoms with Gasteiger partial charge in [-0.15, -0.1) is 11.3 Å². The van der Waals surface area contributed by atoms with Gasteiger partial charge in [-0.3, -0.25) is 0 Å². The van der Waals surface area contributed by atoms with Gasteiger partial charge >= 0.3 is 6.18 Å². The van der Waals surface area contributed by atoms with E-state index in [1.165, 1.54) is 17.0 Å². The number of piperazine rings is 1. The first kappa shape index (κ1) is 21.8. The summed E-state index contributed by atoms with van der Waals surface area (Å²) >= 11 is 1.54. The molecule has 1 N–H and O–H groups in total. The summed E-state index contributed by atoms with van der Waals surface area (Å²) in [6.45, 7) is 8.64. The van der Waals surface area contributed by atoms with E-state index in [0.29, 0.717) is 18.7 Å². The number of anilines is 1. The van der Waals surface area contributed by atoms with Gasteiger partial charge in [0.05, 0.1) is 21.6 Å². The second kappa shape index (κ2) is 8.37. The van der Waals surface area contributed by atoms with Crippen LogP contribution in [0.25, 0.3) is 15.8 Å². The zero-order valence-electron chi connectivity index (χ0n) is 18.5. The minimum Gasteiger partial charge on any atom is -0.372 e. The lowest BCUT2D eigenvalue weighted by molar-refractivity contribution is -0.145. The zero-order valence-corrected chi connectivity index (χ0v) is 19.3. The molecule has 2 unspecified atom stereocenters. The molecule has 32 heavy (non-hydrogen) atoms. The molecule has 0 aromatic carbocycles. The van der Waals surface area contributed by atoms with Crippen molar-refractivity contribution in [1.82, 2.24) is 15.2 Å². The van der Waals surface area contributed by atoms with Gasteiger partial charge in [0.1, 0.15) is 6.04 Å². The Morgan fingerprint density at radius 2 is 1.91 bits per heavy atom. The number of halogens is 3. The molecule has 3 aliphatic rings. The van der Waals surface area contributed by atoms with Crippen molar-refractivity contribution in [3.8, 4) is 0 Å². The van der Waals surface area contributed by atoms with E-state index >= 15 is 0 Å². The van der Waals surface area contributed by atoms with Crippen molar-refractivity contribution in [2.24, 2.45) is 5.92 Å². The van der Waals surface area contributed by atoms with Crippen LogP contribution in [0.1, 0.15) is 36.8 Å². The van der Waals surface area contributed by atoms with Crippen molar-refractivity contribution < 1.29 is 13.2 Å². The quantitative estimate of drug-likeness (QED) is 0.667. The van der Waals surface area contributed by atoms with Gasteiger partial charge in [-0.1, -0.05) is 13.0 Å². The van der Waals surface area contributed by atoms with Crippen molar-refractivity contribution in [1.29, 1.82) is 0 Å². The van der Waals surface area contributed by atoms with Crippen LogP contribution < -0.4 is 10.2 Å². The third-order valence-electron chi connectivity index (χ3n) is 6.84. The van der Waals surface area contributed by atoms with E-state index in [1.807, 2.05) is 19.1 Å². The predicted molar refractivity (Wildman–Crippen MR) is 125 cm³/mol. The van der Waals surface area contributed by atoms with Crippen molar-refractivity contribution >= 4 is 32.8 Å². The van der Waals surface area contributed by atoms with Gasteiger partial charge in [0.25, 0.3) is 0 Å². The van der Waals surface area contributed by atoms with Gasteiger partial charge in [-0.05, 0) is 55.9 Å². The van der Waals surface area contributed by atoms with Crippen molar-refractivity contribution in [2.75, 3.05) is 37.6 Å². The molecule has 4 heterocycles. The lowest BCUT2D eigenvalue weighted by Gasteiger charge is -2.35. The van der Waals surface area contributed by atoms with Gasteiger partial charge in [-0.25, -0.2) is 4.98 Å². The van der Waals surface area contributed by atoms with Gasteiger partial charge in [0.2, 0.25) is 0 Å². The summed E-state index contributed by atoms with van der Waals surface area (Å²) < 4.78 is 42.1. The fourth-order valence-electron chi connectivity index (χ4n) is 5.25. The Balaban J connectivity index is 1.55. The molecule has 4 nitrogen and oxygen atoms in total. The number of thiophene rings is 1. The molecule has 2 aliphatic heterocycles. The average Bonchev–Trinajstić information content (AvgIpc) is 3.39. The number of aromatic nitrogens is 1. The van der Waals surface area contributed by atoms with E-state index in [9.17, 15) is 13.2 Å². The third-order valence-corrected chi connectivity index (χ3v) is 7.91. The van der Waals surface area contributed by atoms with Gasteiger partial charge in [0, 0.05) is 43.3 Å². The number of nitrogens with one attached hydrogen (secondary N) is 1. The number of alkyl halides is 3. The van der Waals surface area contributed by atoms with E-state index in [-0.39, 0.29) is 12.3 Å². The molecule has 5 rings (SSSR count). The van der Waals surface area contributed by atoms with Crippen LogP contribution >= 0.6 is 11.3 Å². The molecular weight excluding hydrogens is 433 g/mol. The van der Waals surface area contributed by atoms with E-state index in [4.69, 9.17) is 4.98 Å². The van der Waals surface area contributed by atoms with E-state index in [1.54, 1.807) is 4.90 Å². The first-order valence-electron chi connectivity index (χ1n) is 11.4. The Kier molecular flexibility index (Phi) is 5.70. The molecule has 172 valence electrons. The fourth-order valence-corrected chi connectivity index (χ4v) is 6.23. The highest BCUT2D eigenvalue weighted by atomic mass is 32.1. The van der Waals surface area contributed by atoms with Gasteiger partial charge in [-0.2, -0.15) is 13.2 Å². The second-order valence-electron chi connectivity index (χ2n) is 9.11. The predicted octanol–water partition coefficient (Wildman–Crippen LogP) is 5.35. The van der Waals surface area contributed by atoms with Crippen molar-refractivity contribution in [3.63, 3.8) is 0 Å². The van der Waals surface area contributed by atoms with E-state index in [0.717, 1.165) is 59.0 Å². The van der Waals surface area contributed by atoms with Crippen LogP contribution in [0.2, 0.25) is 0 Å². The van der Waals surface area contributed by atoms with Crippen LogP contribution in [0.5, 0.6) is 0 Å². The maximum atomic E-state index is 13.8. The lowest BCUT2D eigenvalue weighted by atomic mass is 9.88. The summed E-state index contributed by atoms with van der Waals surface area (Å²) in [6.07, 6.45) is 1.73. The number of allylic oxidation sites excluding steroid dienone is 4. The number of pyridine rings is 1. The number of fused-ring (bicyclic) bond motifs is 1. The molecule has 8 heteroatoms. The highest BCUT2D eigenvalue weighted by Crippen LogP contribution is 2.43. The average molecular weight is 463 g/mol. The Labute approximate surface area is 190 Å². The van der Waals surface area contributed by atoms with Crippen LogP contribution in [0.4, 0.5) is 18.9 Å². The molecule has 0 spiro atoms. The molecule has 2 fully saturated rings. The highest BCUT2D eigenvalue weighted by molar-refractivity contribution is 7.19. The molecule has 0 saturated carbocycles. The van der Waals surface area contributed by atoms with Crippen molar-refractivity contribution in [2.45, 2.75) is 45.3 Å². The molecule has 0 bridgehead atoms. The molecule has 0 amide bonds. The number of hydrogen-bond donors (Lipinski definition) is 1. The number of aryl methyl sites for hydroxylation is 1. The highest BCUT2D eigenvalue weighted by Gasteiger charge is 2.46. The maximum absolute atomic E-state index is 13.8. The lowest BCUT2D eigenvalue weighted by Crippen LogP contribution is -2.43. The fraction of sp³-hybridized carbons (Fsp3) is 0.542. The van der Waals surface area contributed by atoms with Crippen LogP contribution in [0, 0.1) is 12.8 Å². The molecule has 0 radical (unpaired) electrons. The van der Waals surface area contributed by atoms with Crippen LogP contribution in [0.3, 0.4) is 0 Å². The summed E-state index contributed by atoms with van der Waals surface area (Å²) in [5.41, 5.74) is 4.75. The number of hydrogen-bond acceptors (Lipinski definition) is 5. The third kappa shape index (κ3) is 4.03. The topological polar surface area (TPSA) is 31.4 Å². The Morgan fingerprint density at radius 1 is 1.12 bits per heavy atom. The molecular formula is C24H29F3N4S. The Hall–Kier alpha value is -2.06. The summed E-state index contributed by atoms with van der Waals surface area (Å²) in [4.78, 5) is 9.98. The molecule has 2 saturated heterocycles. The first-order valence-corrected chi connectivity index (χ1v) is 12.2. The molecule has 1 aliphatic carbocycles. The number of nitrogens with zero attached hydrogens (tertiary/aromatic N) is 3. The minimum atomic E-state index is -4.23. The van der Waals surface area contributed by atoms with Gasteiger partial charge in [0.15, 0.2) is 0 Å². The zero-order chi connectivity index (χ0) is 22.5. The Morgan fingerprint density at radius 3 is 2.62 bits per heavy atom. The summed E-state index contributed by atoms with van der Waals surface area (Å²) in [5.74, 6) is 0.263. The summed E-state index contributed by atoms with van der Waals surface area (Å²) in [6, 6.07) is 2.50. The van der Waals surface area contributed by atoms with Gasteiger partial charge < -0.3 is 15.1 Å². The monoisotopic (exact) mass is 462 g/mol. The van der Waals surface area contributed by atoms with E-state index < -0.39 is 12.2 Å². The van der Waals surface area contributed by atoms with Crippen LogP contribution in [-0.4, -0.2) is 54.8 Å².